The van der Waals surface area contributed by atoms with Crippen LogP contribution in [0.3, 0.4) is 0 Å². The van der Waals surface area contributed by atoms with Gasteiger partial charge in [-0.1, -0.05) is 13.3 Å². The van der Waals surface area contributed by atoms with E-state index in [-0.39, 0.29) is 18.2 Å². The van der Waals surface area contributed by atoms with Crippen molar-refractivity contribution in [2.24, 2.45) is 0 Å². The topological polar surface area (TPSA) is 35.5 Å². The van der Waals surface area contributed by atoms with Crippen LogP contribution in [-0.4, -0.2) is 24.8 Å². The Bertz CT molecular complexity index is 191. The summed E-state index contributed by atoms with van der Waals surface area (Å²) in [4.78, 5) is 11.4. The van der Waals surface area contributed by atoms with Crippen molar-refractivity contribution in [3.05, 3.63) is 0 Å². The Kier molecular flexibility index (Phi) is 5.69. The van der Waals surface area contributed by atoms with E-state index in [0.717, 1.165) is 32.1 Å². The third-order valence-corrected chi connectivity index (χ3v) is 2.79. The van der Waals surface area contributed by atoms with Gasteiger partial charge >= 0.3 is 5.97 Å². The van der Waals surface area contributed by atoms with Gasteiger partial charge in [-0.25, -0.2) is 0 Å². The molecular formula is C12H22O3. The Labute approximate surface area is 92.1 Å². The van der Waals surface area contributed by atoms with Crippen LogP contribution in [0.2, 0.25) is 0 Å². The molecule has 3 heteroatoms. The van der Waals surface area contributed by atoms with Gasteiger partial charge in [0.2, 0.25) is 0 Å². The Hall–Kier alpha value is -0.570. The van der Waals surface area contributed by atoms with Crippen LogP contribution in [-0.2, 0) is 14.3 Å². The Balaban J connectivity index is 2.26. The normalized spacial score (nSPS) is 25.5. The molecule has 0 spiro atoms. The van der Waals surface area contributed by atoms with Crippen molar-refractivity contribution >= 4 is 5.97 Å². The lowest BCUT2D eigenvalue weighted by Gasteiger charge is -2.19. The molecule has 0 bridgehead atoms. The van der Waals surface area contributed by atoms with Gasteiger partial charge in [0, 0.05) is 13.0 Å². The number of ether oxygens (including phenoxy) is 2. The summed E-state index contributed by atoms with van der Waals surface area (Å²) in [5, 5.41) is 0. The van der Waals surface area contributed by atoms with E-state index in [0.29, 0.717) is 13.0 Å². The fraction of sp³-hybridized carbons (Fsp3) is 0.917. The second-order valence-electron chi connectivity index (χ2n) is 4.06. The molecule has 1 aliphatic carbocycles. The van der Waals surface area contributed by atoms with Crippen LogP contribution >= 0.6 is 0 Å². The zero-order valence-electron chi connectivity index (χ0n) is 9.83. The summed E-state index contributed by atoms with van der Waals surface area (Å²) in [6, 6.07) is 0. The van der Waals surface area contributed by atoms with Crippen molar-refractivity contribution in [2.75, 3.05) is 6.61 Å². The molecule has 0 aliphatic heterocycles. The van der Waals surface area contributed by atoms with Gasteiger partial charge in [-0.3, -0.25) is 4.79 Å². The molecule has 88 valence electrons. The molecule has 3 nitrogen and oxygen atoms in total. The summed E-state index contributed by atoms with van der Waals surface area (Å²) < 4.78 is 11.0. The highest BCUT2D eigenvalue weighted by Gasteiger charge is 2.30. The molecule has 0 radical (unpaired) electrons. The first kappa shape index (κ1) is 12.5. The molecule has 0 saturated heterocycles. The van der Waals surface area contributed by atoms with Crippen molar-refractivity contribution in [1.82, 2.24) is 0 Å². The van der Waals surface area contributed by atoms with Gasteiger partial charge in [0.1, 0.15) is 6.10 Å². The van der Waals surface area contributed by atoms with E-state index in [2.05, 4.69) is 6.92 Å². The van der Waals surface area contributed by atoms with Crippen molar-refractivity contribution in [2.45, 2.75) is 64.6 Å². The van der Waals surface area contributed by atoms with Gasteiger partial charge in [-0.15, -0.1) is 0 Å². The molecule has 0 aromatic carbocycles. The summed E-state index contributed by atoms with van der Waals surface area (Å²) in [5.74, 6) is -0.0616. The van der Waals surface area contributed by atoms with Crippen LogP contribution in [0.4, 0.5) is 0 Å². The maximum absolute atomic E-state index is 11.4. The van der Waals surface area contributed by atoms with E-state index in [1.807, 2.05) is 6.92 Å². The smallest absolute Gasteiger partial charge is 0.306 e. The number of carbonyl (C=O) groups excluding carboxylic acids is 1. The first-order valence-electron chi connectivity index (χ1n) is 6.09. The minimum absolute atomic E-state index is 0.00862. The summed E-state index contributed by atoms with van der Waals surface area (Å²) in [7, 11) is 0. The summed E-state index contributed by atoms with van der Waals surface area (Å²) in [6.07, 6.45) is 5.75. The highest BCUT2D eigenvalue weighted by Crippen LogP contribution is 2.25. The molecule has 2 atom stereocenters. The first-order valence-corrected chi connectivity index (χ1v) is 6.09. The van der Waals surface area contributed by atoms with Gasteiger partial charge in [0.05, 0.1) is 6.10 Å². The fourth-order valence-corrected chi connectivity index (χ4v) is 1.98. The predicted molar refractivity (Wildman–Crippen MR) is 58.7 cm³/mol. The molecule has 0 amide bonds. The summed E-state index contributed by atoms with van der Waals surface area (Å²) >= 11 is 0. The number of esters is 1. The third kappa shape index (κ3) is 4.20. The lowest BCUT2D eigenvalue weighted by atomic mass is 10.2. The van der Waals surface area contributed by atoms with Crippen LogP contribution in [0, 0.1) is 0 Å². The average molecular weight is 214 g/mol. The van der Waals surface area contributed by atoms with Crippen LogP contribution in [0.5, 0.6) is 0 Å². The second-order valence-corrected chi connectivity index (χ2v) is 4.06. The minimum atomic E-state index is -0.0616. The molecule has 0 N–H and O–H groups in total. The molecule has 1 rings (SSSR count). The maximum atomic E-state index is 11.4. The second kappa shape index (κ2) is 6.83. The van der Waals surface area contributed by atoms with E-state index >= 15 is 0 Å². The number of carbonyl (C=O) groups is 1. The van der Waals surface area contributed by atoms with Crippen molar-refractivity contribution < 1.29 is 14.3 Å². The van der Waals surface area contributed by atoms with E-state index in [1.54, 1.807) is 0 Å². The van der Waals surface area contributed by atoms with Crippen molar-refractivity contribution in [3.8, 4) is 0 Å². The number of rotatable bonds is 6. The highest BCUT2D eigenvalue weighted by molar-refractivity contribution is 5.69. The Morgan fingerprint density at radius 3 is 2.67 bits per heavy atom. The van der Waals surface area contributed by atoms with Crippen LogP contribution in [0.25, 0.3) is 0 Å². The highest BCUT2D eigenvalue weighted by atomic mass is 16.6. The largest absolute Gasteiger partial charge is 0.460 e. The van der Waals surface area contributed by atoms with Gasteiger partial charge in [0.25, 0.3) is 0 Å². The fourth-order valence-electron chi connectivity index (χ4n) is 1.98. The lowest BCUT2D eigenvalue weighted by molar-refractivity contribution is -0.155. The minimum Gasteiger partial charge on any atom is -0.460 e. The number of hydrogen-bond acceptors (Lipinski definition) is 3. The molecule has 1 saturated carbocycles. The quantitative estimate of drug-likeness (QED) is 0.638. The molecule has 1 fully saturated rings. The molecular weight excluding hydrogens is 192 g/mol. The van der Waals surface area contributed by atoms with Gasteiger partial charge in [-0.2, -0.15) is 0 Å². The molecule has 0 aromatic rings. The van der Waals surface area contributed by atoms with Crippen LogP contribution in [0.15, 0.2) is 0 Å². The molecule has 0 heterocycles. The standard InChI is InChI=1S/C12H22O3/c1-3-5-9-12(13)15-11-8-6-7-10(11)14-4-2/h10-11H,3-9H2,1-2H3. The van der Waals surface area contributed by atoms with E-state index in [4.69, 9.17) is 9.47 Å². The van der Waals surface area contributed by atoms with E-state index < -0.39 is 0 Å². The lowest BCUT2D eigenvalue weighted by Crippen LogP contribution is -2.28. The number of unbranched alkanes of at least 4 members (excludes halogenated alkanes) is 1. The molecule has 0 aromatic heterocycles. The number of hydrogen-bond donors (Lipinski definition) is 0. The Morgan fingerprint density at radius 2 is 2.00 bits per heavy atom. The zero-order valence-corrected chi connectivity index (χ0v) is 9.83. The van der Waals surface area contributed by atoms with Crippen LogP contribution in [0.1, 0.15) is 52.4 Å². The molecule has 15 heavy (non-hydrogen) atoms. The maximum Gasteiger partial charge on any atom is 0.306 e. The third-order valence-electron chi connectivity index (χ3n) is 2.79. The van der Waals surface area contributed by atoms with E-state index in [9.17, 15) is 4.79 Å². The van der Waals surface area contributed by atoms with Crippen molar-refractivity contribution in [3.63, 3.8) is 0 Å². The molecule has 1 aliphatic rings. The molecule has 2 unspecified atom stereocenters. The summed E-state index contributed by atoms with van der Waals surface area (Å²) in [6.45, 7) is 4.76. The Morgan fingerprint density at radius 1 is 1.27 bits per heavy atom. The van der Waals surface area contributed by atoms with E-state index in [1.165, 1.54) is 0 Å². The zero-order chi connectivity index (χ0) is 11.1. The van der Waals surface area contributed by atoms with Crippen LogP contribution < -0.4 is 0 Å². The monoisotopic (exact) mass is 214 g/mol. The van der Waals surface area contributed by atoms with Crippen molar-refractivity contribution in [1.29, 1.82) is 0 Å². The SMILES string of the molecule is CCCCC(=O)OC1CCCC1OCC. The van der Waals surface area contributed by atoms with Gasteiger partial charge in [0.15, 0.2) is 0 Å². The average Bonchev–Trinajstić information content (AvgIpc) is 2.63. The predicted octanol–water partition coefficient (Wildman–Crippen LogP) is 2.68. The van der Waals surface area contributed by atoms with Gasteiger partial charge in [-0.05, 0) is 32.6 Å². The first-order chi connectivity index (χ1) is 7.27. The summed E-state index contributed by atoms with van der Waals surface area (Å²) in [5.41, 5.74) is 0. The van der Waals surface area contributed by atoms with Gasteiger partial charge < -0.3 is 9.47 Å².